The molecule has 0 aliphatic rings. The van der Waals surface area contributed by atoms with E-state index in [0.717, 1.165) is 12.3 Å². The zero-order valence-electron chi connectivity index (χ0n) is 9.98. The summed E-state index contributed by atoms with van der Waals surface area (Å²) in [4.78, 5) is 7.88. The van der Waals surface area contributed by atoms with Gasteiger partial charge in [-0.1, -0.05) is 0 Å². The van der Waals surface area contributed by atoms with Gasteiger partial charge in [0.2, 0.25) is 5.89 Å². The number of pyridine rings is 1. The van der Waals surface area contributed by atoms with Crippen molar-refractivity contribution < 1.29 is 17.6 Å². The van der Waals surface area contributed by atoms with Crippen molar-refractivity contribution in [2.45, 2.75) is 6.18 Å². The molecule has 3 aromatic rings. The number of hydrogen-bond acceptors (Lipinski definition) is 4. The van der Waals surface area contributed by atoms with Crippen LogP contribution in [0.2, 0.25) is 0 Å². The summed E-state index contributed by atoms with van der Waals surface area (Å²) in [6.07, 6.45) is -3.67. The molecule has 102 valence electrons. The van der Waals surface area contributed by atoms with Crippen LogP contribution in [-0.2, 0) is 6.18 Å². The van der Waals surface area contributed by atoms with Crippen LogP contribution in [0.15, 0.2) is 40.9 Å². The van der Waals surface area contributed by atoms with Gasteiger partial charge in [-0.05, 0) is 24.3 Å². The van der Waals surface area contributed by atoms with E-state index < -0.39 is 11.7 Å². The van der Waals surface area contributed by atoms with Crippen molar-refractivity contribution in [3.05, 3.63) is 42.1 Å². The molecule has 2 N–H and O–H groups in total. The van der Waals surface area contributed by atoms with E-state index in [1.54, 1.807) is 18.2 Å². The molecular formula is C13H8F3N3O. The Hall–Kier alpha value is -2.57. The average Bonchev–Trinajstić information content (AvgIpc) is 2.80. The molecule has 7 heteroatoms. The number of anilines is 1. The lowest BCUT2D eigenvalue weighted by Crippen LogP contribution is -2.05. The molecule has 0 saturated carbocycles. The smallest absolute Gasteiger partial charge is 0.417 e. The number of benzene rings is 1. The van der Waals surface area contributed by atoms with Gasteiger partial charge in [-0.15, -0.1) is 0 Å². The standard InChI is InChI=1S/C13H8F3N3O/c14-13(15,16)7-1-3-10(18-6-7)12-19-9-4-2-8(17)5-11(9)20-12/h1-6H,17H2. The van der Waals surface area contributed by atoms with E-state index in [0.29, 0.717) is 16.8 Å². The minimum Gasteiger partial charge on any atom is -0.435 e. The molecule has 0 aliphatic carbocycles. The normalized spacial score (nSPS) is 11.9. The van der Waals surface area contributed by atoms with E-state index in [1.807, 2.05) is 0 Å². The van der Waals surface area contributed by atoms with Gasteiger partial charge < -0.3 is 10.2 Å². The average molecular weight is 279 g/mol. The molecule has 4 nitrogen and oxygen atoms in total. The third kappa shape index (κ3) is 2.18. The van der Waals surface area contributed by atoms with Crippen LogP contribution in [0.3, 0.4) is 0 Å². The van der Waals surface area contributed by atoms with Gasteiger partial charge in [-0.3, -0.25) is 4.98 Å². The van der Waals surface area contributed by atoms with Gasteiger partial charge >= 0.3 is 6.18 Å². The number of nitrogens with two attached hydrogens (primary N) is 1. The first kappa shape index (κ1) is 12.5. The van der Waals surface area contributed by atoms with Gasteiger partial charge in [0.25, 0.3) is 0 Å². The van der Waals surface area contributed by atoms with Crippen molar-refractivity contribution in [1.82, 2.24) is 9.97 Å². The predicted molar refractivity (Wildman–Crippen MR) is 66.7 cm³/mol. The highest BCUT2D eigenvalue weighted by molar-refractivity contribution is 5.78. The highest BCUT2D eigenvalue weighted by Crippen LogP contribution is 2.30. The summed E-state index contributed by atoms with van der Waals surface area (Å²) < 4.78 is 42.7. The minimum absolute atomic E-state index is 0.152. The number of rotatable bonds is 1. The monoisotopic (exact) mass is 279 g/mol. The van der Waals surface area contributed by atoms with Gasteiger partial charge in [0.1, 0.15) is 11.2 Å². The molecule has 3 rings (SSSR count). The van der Waals surface area contributed by atoms with Crippen molar-refractivity contribution >= 4 is 16.8 Å². The maximum absolute atomic E-state index is 12.4. The molecule has 0 bridgehead atoms. The highest BCUT2D eigenvalue weighted by Gasteiger charge is 2.30. The predicted octanol–water partition coefficient (Wildman–Crippen LogP) is 3.49. The van der Waals surface area contributed by atoms with Crippen LogP contribution < -0.4 is 5.73 Å². The van der Waals surface area contributed by atoms with Gasteiger partial charge in [0.15, 0.2) is 5.58 Å². The fourth-order valence-electron chi connectivity index (χ4n) is 1.74. The van der Waals surface area contributed by atoms with Crippen molar-refractivity contribution in [2.24, 2.45) is 0 Å². The molecule has 0 unspecified atom stereocenters. The third-order valence-electron chi connectivity index (χ3n) is 2.72. The van der Waals surface area contributed by atoms with Crippen LogP contribution in [0.5, 0.6) is 0 Å². The summed E-state index contributed by atoms with van der Waals surface area (Å²) in [6, 6.07) is 7.08. The fourth-order valence-corrected chi connectivity index (χ4v) is 1.74. The Morgan fingerprint density at radius 3 is 2.55 bits per heavy atom. The van der Waals surface area contributed by atoms with Crippen LogP contribution in [0.25, 0.3) is 22.7 Å². The Morgan fingerprint density at radius 1 is 1.10 bits per heavy atom. The number of nitrogen functional groups attached to an aromatic ring is 1. The van der Waals surface area contributed by atoms with E-state index in [-0.39, 0.29) is 11.6 Å². The maximum atomic E-state index is 12.4. The molecule has 0 amide bonds. The zero-order valence-corrected chi connectivity index (χ0v) is 9.98. The van der Waals surface area contributed by atoms with Crippen LogP contribution in [-0.4, -0.2) is 9.97 Å². The van der Waals surface area contributed by atoms with Gasteiger partial charge in [0.05, 0.1) is 5.56 Å². The Kier molecular flexibility index (Phi) is 2.63. The second-order valence-corrected chi connectivity index (χ2v) is 4.18. The summed E-state index contributed by atoms with van der Waals surface area (Å²) in [5.74, 6) is 0.152. The van der Waals surface area contributed by atoms with Crippen LogP contribution in [0.4, 0.5) is 18.9 Å². The first-order valence-electron chi connectivity index (χ1n) is 5.63. The second kappa shape index (κ2) is 4.22. The SMILES string of the molecule is Nc1ccc2nc(-c3ccc(C(F)(F)F)cn3)oc2c1. The quantitative estimate of drug-likeness (QED) is 0.692. The lowest BCUT2D eigenvalue weighted by Gasteiger charge is -2.05. The molecule has 1 aromatic carbocycles. The number of hydrogen-bond donors (Lipinski definition) is 1. The number of oxazole rings is 1. The van der Waals surface area contributed by atoms with Gasteiger partial charge in [-0.2, -0.15) is 13.2 Å². The zero-order chi connectivity index (χ0) is 14.3. The molecule has 0 radical (unpaired) electrons. The summed E-state index contributed by atoms with van der Waals surface area (Å²) in [5, 5.41) is 0. The molecule has 0 saturated heterocycles. The van der Waals surface area contributed by atoms with Crippen LogP contribution in [0, 0.1) is 0 Å². The first-order valence-corrected chi connectivity index (χ1v) is 5.63. The molecular weight excluding hydrogens is 271 g/mol. The van der Waals surface area contributed by atoms with E-state index >= 15 is 0 Å². The van der Waals surface area contributed by atoms with Crippen molar-refractivity contribution in [1.29, 1.82) is 0 Å². The molecule has 20 heavy (non-hydrogen) atoms. The van der Waals surface area contributed by atoms with Crippen molar-refractivity contribution in [2.75, 3.05) is 5.73 Å². The van der Waals surface area contributed by atoms with E-state index in [2.05, 4.69) is 9.97 Å². The number of halogens is 3. The summed E-state index contributed by atoms with van der Waals surface area (Å²) in [5.41, 5.74) is 6.56. The molecule has 0 aliphatic heterocycles. The van der Waals surface area contributed by atoms with Gasteiger partial charge in [0, 0.05) is 18.0 Å². The number of aromatic nitrogens is 2. The summed E-state index contributed by atoms with van der Waals surface area (Å²) >= 11 is 0. The Bertz CT molecular complexity index is 763. The Balaban J connectivity index is 2.02. The number of fused-ring (bicyclic) bond motifs is 1. The Labute approximate surface area is 111 Å². The summed E-state index contributed by atoms with van der Waals surface area (Å²) in [7, 11) is 0. The number of nitrogens with zero attached hydrogens (tertiary/aromatic N) is 2. The molecule has 0 fully saturated rings. The summed E-state index contributed by atoms with van der Waals surface area (Å²) in [6.45, 7) is 0. The lowest BCUT2D eigenvalue weighted by molar-refractivity contribution is -0.137. The third-order valence-corrected chi connectivity index (χ3v) is 2.72. The van der Waals surface area contributed by atoms with Crippen LogP contribution in [0.1, 0.15) is 5.56 Å². The topological polar surface area (TPSA) is 64.9 Å². The van der Waals surface area contributed by atoms with Crippen molar-refractivity contribution in [3.8, 4) is 11.6 Å². The number of alkyl halides is 3. The molecule has 0 atom stereocenters. The van der Waals surface area contributed by atoms with Crippen LogP contribution >= 0.6 is 0 Å². The highest BCUT2D eigenvalue weighted by atomic mass is 19.4. The van der Waals surface area contributed by atoms with E-state index in [1.165, 1.54) is 6.07 Å². The molecule has 2 heterocycles. The van der Waals surface area contributed by atoms with Gasteiger partial charge in [-0.25, -0.2) is 4.98 Å². The Morgan fingerprint density at radius 2 is 1.90 bits per heavy atom. The minimum atomic E-state index is -4.42. The maximum Gasteiger partial charge on any atom is 0.417 e. The van der Waals surface area contributed by atoms with Crippen molar-refractivity contribution in [3.63, 3.8) is 0 Å². The largest absolute Gasteiger partial charge is 0.435 e. The molecule has 2 aromatic heterocycles. The fraction of sp³-hybridized carbons (Fsp3) is 0.0769. The lowest BCUT2D eigenvalue weighted by atomic mass is 10.2. The second-order valence-electron chi connectivity index (χ2n) is 4.18. The first-order chi connectivity index (χ1) is 9.43. The van der Waals surface area contributed by atoms with E-state index in [9.17, 15) is 13.2 Å². The van der Waals surface area contributed by atoms with E-state index in [4.69, 9.17) is 10.2 Å². The molecule has 0 spiro atoms.